The molecule has 4 N–H and O–H groups in total. The van der Waals surface area contributed by atoms with Gasteiger partial charge in [-0.15, -0.1) is 0 Å². The minimum Gasteiger partial charge on any atom is -0.388 e. The van der Waals surface area contributed by atoms with E-state index in [-0.39, 0.29) is 5.91 Å². The standard InChI is InChI=1S/C13H20N4O2/c1-17(9-13(19)5-2-3-6-13)12(18)11-8-10(16-14)4-7-15-11/h4,7-8,19H,2-3,5-6,9,14H2,1H3,(H,15,16). The van der Waals surface area contributed by atoms with Crippen LogP contribution in [0.4, 0.5) is 5.69 Å². The topological polar surface area (TPSA) is 91.5 Å². The van der Waals surface area contributed by atoms with Gasteiger partial charge in [-0.05, 0) is 25.0 Å². The van der Waals surface area contributed by atoms with E-state index in [0.717, 1.165) is 25.7 Å². The third-order valence-corrected chi connectivity index (χ3v) is 3.56. The van der Waals surface area contributed by atoms with E-state index in [4.69, 9.17) is 5.84 Å². The Labute approximate surface area is 112 Å². The number of carbonyl (C=O) groups is 1. The molecule has 0 atom stereocenters. The summed E-state index contributed by atoms with van der Waals surface area (Å²) < 4.78 is 0. The molecule has 1 aliphatic carbocycles. The quantitative estimate of drug-likeness (QED) is 0.551. The maximum atomic E-state index is 12.2. The first-order valence-corrected chi connectivity index (χ1v) is 6.45. The van der Waals surface area contributed by atoms with Crippen molar-refractivity contribution in [3.8, 4) is 0 Å². The lowest BCUT2D eigenvalue weighted by molar-refractivity contribution is 0.0155. The predicted octanol–water partition coefficient (Wildman–Crippen LogP) is 0.744. The minimum atomic E-state index is -0.742. The third-order valence-electron chi connectivity index (χ3n) is 3.56. The van der Waals surface area contributed by atoms with Crippen LogP contribution in [0.15, 0.2) is 18.3 Å². The average Bonchev–Trinajstić information content (AvgIpc) is 2.84. The van der Waals surface area contributed by atoms with E-state index in [1.807, 2.05) is 0 Å². The second-order valence-electron chi connectivity index (χ2n) is 5.17. The van der Waals surface area contributed by atoms with Crippen molar-refractivity contribution in [3.05, 3.63) is 24.0 Å². The molecule has 6 nitrogen and oxygen atoms in total. The first kappa shape index (κ1) is 13.8. The van der Waals surface area contributed by atoms with Gasteiger partial charge in [0.25, 0.3) is 5.91 Å². The molecule has 1 fully saturated rings. The van der Waals surface area contributed by atoms with Gasteiger partial charge in [-0.3, -0.25) is 15.6 Å². The predicted molar refractivity (Wildman–Crippen MR) is 72.4 cm³/mol. The molecule has 0 saturated heterocycles. The van der Waals surface area contributed by atoms with Gasteiger partial charge in [-0.25, -0.2) is 0 Å². The lowest BCUT2D eigenvalue weighted by Gasteiger charge is -2.28. The number of amides is 1. The van der Waals surface area contributed by atoms with Gasteiger partial charge < -0.3 is 15.4 Å². The number of nitrogen functional groups attached to an aromatic ring is 1. The molecule has 1 aromatic heterocycles. The summed E-state index contributed by atoms with van der Waals surface area (Å²) in [5, 5.41) is 10.3. The van der Waals surface area contributed by atoms with Gasteiger partial charge in [0, 0.05) is 19.8 Å². The van der Waals surface area contributed by atoms with Gasteiger partial charge in [0.1, 0.15) is 5.69 Å². The van der Waals surface area contributed by atoms with Crippen LogP contribution in [-0.4, -0.2) is 40.1 Å². The molecule has 0 bridgehead atoms. The first-order chi connectivity index (χ1) is 9.04. The number of anilines is 1. The summed E-state index contributed by atoms with van der Waals surface area (Å²) in [6.07, 6.45) is 5.07. The molecule has 1 aromatic rings. The highest BCUT2D eigenvalue weighted by Crippen LogP contribution is 2.30. The molecule has 1 aliphatic rings. The Balaban J connectivity index is 2.05. The highest BCUT2D eigenvalue weighted by Gasteiger charge is 2.33. The second-order valence-corrected chi connectivity index (χ2v) is 5.17. The number of rotatable bonds is 4. The minimum absolute atomic E-state index is 0.211. The average molecular weight is 264 g/mol. The molecule has 6 heteroatoms. The number of nitrogens with two attached hydrogens (primary N) is 1. The fraction of sp³-hybridized carbons (Fsp3) is 0.538. The van der Waals surface area contributed by atoms with Crippen molar-refractivity contribution in [1.29, 1.82) is 0 Å². The number of hydrogen-bond donors (Lipinski definition) is 3. The number of likely N-dealkylation sites (N-methyl/N-ethyl adjacent to an activating group) is 1. The Morgan fingerprint density at radius 3 is 2.89 bits per heavy atom. The highest BCUT2D eigenvalue weighted by atomic mass is 16.3. The summed E-state index contributed by atoms with van der Waals surface area (Å²) in [4.78, 5) is 17.8. The molecule has 0 aromatic carbocycles. The summed E-state index contributed by atoms with van der Waals surface area (Å²) in [5.74, 6) is 5.09. The van der Waals surface area contributed by atoms with Crippen LogP contribution >= 0.6 is 0 Å². The normalized spacial score (nSPS) is 17.2. The van der Waals surface area contributed by atoms with Crippen molar-refractivity contribution in [2.45, 2.75) is 31.3 Å². The van der Waals surface area contributed by atoms with Crippen LogP contribution < -0.4 is 11.3 Å². The van der Waals surface area contributed by atoms with E-state index >= 15 is 0 Å². The molecule has 0 radical (unpaired) electrons. The molecular formula is C13H20N4O2. The molecular weight excluding hydrogens is 244 g/mol. The number of aromatic nitrogens is 1. The van der Waals surface area contributed by atoms with Crippen molar-refractivity contribution in [1.82, 2.24) is 9.88 Å². The monoisotopic (exact) mass is 264 g/mol. The Bertz CT molecular complexity index is 458. The zero-order valence-electron chi connectivity index (χ0n) is 11.1. The molecule has 104 valence electrons. The number of pyridine rings is 1. The van der Waals surface area contributed by atoms with Crippen LogP contribution in [0.2, 0.25) is 0 Å². The molecule has 0 aliphatic heterocycles. The van der Waals surface area contributed by atoms with Crippen molar-refractivity contribution in [3.63, 3.8) is 0 Å². The zero-order valence-corrected chi connectivity index (χ0v) is 11.1. The van der Waals surface area contributed by atoms with Crippen molar-refractivity contribution in [2.24, 2.45) is 5.84 Å². The molecule has 1 amide bonds. The number of hydrazine groups is 1. The second kappa shape index (κ2) is 5.54. The Morgan fingerprint density at radius 1 is 1.58 bits per heavy atom. The smallest absolute Gasteiger partial charge is 0.272 e. The number of aliphatic hydroxyl groups is 1. The van der Waals surface area contributed by atoms with Crippen LogP contribution in [0.1, 0.15) is 36.2 Å². The summed E-state index contributed by atoms with van der Waals surface area (Å²) >= 11 is 0. The number of carbonyl (C=O) groups excluding carboxylic acids is 1. The molecule has 2 rings (SSSR count). The fourth-order valence-electron chi connectivity index (χ4n) is 2.54. The number of hydrogen-bond acceptors (Lipinski definition) is 5. The SMILES string of the molecule is CN(CC1(O)CCCC1)C(=O)c1cc(NN)ccn1. The Hall–Kier alpha value is -1.66. The van der Waals surface area contributed by atoms with E-state index in [0.29, 0.717) is 17.9 Å². The largest absolute Gasteiger partial charge is 0.388 e. The van der Waals surface area contributed by atoms with Crippen LogP contribution in [0.3, 0.4) is 0 Å². The number of nitrogens with one attached hydrogen (secondary N) is 1. The number of nitrogens with zero attached hydrogens (tertiary/aromatic N) is 2. The van der Waals surface area contributed by atoms with Crippen LogP contribution in [0.25, 0.3) is 0 Å². The van der Waals surface area contributed by atoms with E-state index in [1.165, 1.54) is 11.1 Å². The fourth-order valence-corrected chi connectivity index (χ4v) is 2.54. The third kappa shape index (κ3) is 3.21. The van der Waals surface area contributed by atoms with Crippen molar-refractivity contribution in [2.75, 3.05) is 19.0 Å². The highest BCUT2D eigenvalue weighted by molar-refractivity contribution is 5.93. The van der Waals surface area contributed by atoms with Crippen LogP contribution in [0, 0.1) is 0 Å². The van der Waals surface area contributed by atoms with Crippen molar-refractivity contribution >= 4 is 11.6 Å². The molecule has 1 saturated carbocycles. The Morgan fingerprint density at radius 2 is 2.26 bits per heavy atom. The van der Waals surface area contributed by atoms with Crippen LogP contribution in [-0.2, 0) is 0 Å². The zero-order chi connectivity index (χ0) is 13.9. The van der Waals surface area contributed by atoms with E-state index in [1.54, 1.807) is 19.2 Å². The summed E-state index contributed by atoms with van der Waals surface area (Å²) in [6, 6.07) is 3.28. The van der Waals surface area contributed by atoms with Gasteiger partial charge >= 0.3 is 0 Å². The van der Waals surface area contributed by atoms with Gasteiger partial charge in [-0.2, -0.15) is 0 Å². The van der Waals surface area contributed by atoms with E-state index in [9.17, 15) is 9.90 Å². The summed E-state index contributed by atoms with van der Waals surface area (Å²) in [6.45, 7) is 0.341. The molecule has 19 heavy (non-hydrogen) atoms. The van der Waals surface area contributed by atoms with E-state index in [2.05, 4.69) is 10.4 Å². The maximum absolute atomic E-state index is 12.2. The van der Waals surface area contributed by atoms with Crippen LogP contribution in [0.5, 0.6) is 0 Å². The lowest BCUT2D eigenvalue weighted by Crippen LogP contribution is -2.42. The van der Waals surface area contributed by atoms with Crippen molar-refractivity contribution < 1.29 is 9.90 Å². The summed E-state index contributed by atoms with van der Waals surface area (Å²) in [7, 11) is 1.68. The molecule has 1 heterocycles. The van der Waals surface area contributed by atoms with Gasteiger partial charge in [0.2, 0.25) is 0 Å². The van der Waals surface area contributed by atoms with Gasteiger partial charge in [-0.1, -0.05) is 12.8 Å². The Kier molecular flexibility index (Phi) is 4.01. The maximum Gasteiger partial charge on any atom is 0.272 e. The molecule has 0 unspecified atom stereocenters. The first-order valence-electron chi connectivity index (χ1n) is 6.45. The van der Waals surface area contributed by atoms with Gasteiger partial charge in [0.05, 0.1) is 11.3 Å². The molecule has 0 spiro atoms. The van der Waals surface area contributed by atoms with E-state index < -0.39 is 5.60 Å². The summed E-state index contributed by atoms with van der Waals surface area (Å²) in [5.41, 5.74) is 2.69. The van der Waals surface area contributed by atoms with Gasteiger partial charge in [0.15, 0.2) is 0 Å². The lowest BCUT2D eigenvalue weighted by atomic mass is 10.0.